The van der Waals surface area contributed by atoms with Crippen LogP contribution in [0.2, 0.25) is 0 Å². The van der Waals surface area contributed by atoms with Gasteiger partial charge in [-0.3, -0.25) is 19.9 Å². The first kappa shape index (κ1) is 45.8. The number of aromatic hydroxyl groups is 1. The molecule has 8 aromatic rings. The van der Waals surface area contributed by atoms with Gasteiger partial charge in [0, 0.05) is 68.6 Å². The van der Waals surface area contributed by atoms with Gasteiger partial charge in [0.05, 0.1) is 0 Å². The number of para-hydroxylation sites is 2. The molecular weight excluding hydrogens is 1070 g/mol. The molecule has 0 amide bonds. The Morgan fingerprint density at radius 3 is 0.926 bits per heavy atom. The molecule has 0 saturated carbocycles. The molecule has 6 heterocycles. The average molecular weight is 1100 g/mol. The zero-order valence-corrected chi connectivity index (χ0v) is 36.2. The summed E-state index contributed by atoms with van der Waals surface area (Å²) >= 11 is 1.61. The molecular formula is C42H31ClN6NaO2Pt2-. The van der Waals surface area contributed by atoms with Crippen LogP contribution in [0.25, 0.3) is 45.0 Å². The molecule has 0 aliphatic carbocycles. The predicted molar refractivity (Wildman–Crippen MR) is 199 cm³/mol. The van der Waals surface area contributed by atoms with Gasteiger partial charge in [-0.15, -0.1) is 17.9 Å². The molecule has 2 aromatic carbocycles. The number of hydrogen-bond donors (Lipinski definition) is 1. The number of phenols is 1. The van der Waals surface area contributed by atoms with Crippen LogP contribution in [0.3, 0.4) is 0 Å². The maximum Gasteiger partial charge on any atom is 1.00 e. The SMILES string of the molecule is Oc1ccccc1.[Cl][Pt+].[Na+].[O-]c1ccccc1.[Pt].[c-]1c(-c2ccccn2)cncc1-c1ccccn1.[c-]1c(-c2ccccn2)cncc1-c1ccccn1. The number of aromatic nitrogens is 6. The molecule has 0 bridgehead atoms. The van der Waals surface area contributed by atoms with Gasteiger partial charge in [-0.05, 0) is 61.2 Å². The van der Waals surface area contributed by atoms with Crippen molar-refractivity contribution in [2.45, 2.75) is 0 Å². The fraction of sp³-hybridized carbons (Fsp3) is 0. The van der Waals surface area contributed by atoms with Crippen molar-refractivity contribution in [1.82, 2.24) is 29.9 Å². The van der Waals surface area contributed by atoms with Gasteiger partial charge in [0.1, 0.15) is 5.75 Å². The van der Waals surface area contributed by atoms with Crippen molar-refractivity contribution in [3.63, 3.8) is 0 Å². The quantitative estimate of drug-likeness (QED) is 0.172. The van der Waals surface area contributed by atoms with Crippen molar-refractivity contribution >= 4 is 9.42 Å². The molecule has 8 rings (SSSR count). The first-order chi connectivity index (χ1) is 25.7. The van der Waals surface area contributed by atoms with Gasteiger partial charge >= 0.3 is 57.7 Å². The molecule has 12 heteroatoms. The van der Waals surface area contributed by atoms with Gasteiger partial charge in [0.15, 0.2) is 0 Å². The maximum absolute atomic E-state index is 10.3. The number of rotatable bonds is 4. The van der Waals surface area contributed by atoms with Crippen LogP contribution >= 0.6 is 9.42 Å². The van der Waals surface area contributed by atoms with Gasteiger partial charge in [-0.2, -0.15) is 0 Å². The topological polar surface area (TPSA) is 121 Å². The van der Waals surface area contributed by atoms with Crippen LogP contribution in [0.15, 0.2) is 183 Å². The van der Waals surface area contributed by atoms with Crippen LogP contribution in [0.1, 0.15) is 0 Å². The van der Waals surface area contributed by atoms with Crippen molar-refractivity contribution in [3.05, 3.63) is 195 Å². The minimum atomic E-state index is 0. The van der Waals surface area contributed by atoms with Crippen LogP contribution < -0.4 is 34.7 Å². The van der Waals surface area contributed by atoms with E-state index < -0.39 is 0 Å². The second-order valence-electron chi connectivity index (χ2n) is 10.2. The largest absolute Gasteiger partial charge is 1.00 e. The Balaban J connectivity index is 0.000000262. The van der Waals surface area contributed by atoms with Crippen molar-refractivity contribution in [2.75, 3.05) is 0 Å². The monoisotopic (exact) mass is 1100 g/mol. The summed E-state index contributed by atoms with van der Waals surface area (Å²) in [5.41, 5.74) is 6.95. The number of hydrogen-bond acceptors (Lipinski definition) is 8. The van der Waals surface area contributed by atoms with Crippen LogP contribution in [0.5, 0.6) is 11.5 Å². The summed E-state index contributed by atoms with van der Waals surface area (Å²) < 4.78 is 0. The van der Waals surface area contributed by atoms with E-state index in [0.717, 1.165) is 45.0 Å². The molecule has 0 unspecified atom stereocenters. The number of benzene rings is 2. The fourth-order valence-electron chi connectivity index (χ4n) is 4.25. The standard InChI is InChI=1S/2C15H10N3.2C6H6O.ClH.Na.2Pt/c2*1-3-7-17-14(5-1)12-9-13(11-16-10-12)15-6-2-4-8-18-15;2*7-6-4-2-1-3-5-6;;;;/h2*1-8,10-11H;2*1-5,7H;1H;;;/q2*-1;;;;+1;;+2/p-2. The Kier molecular flexibility index (Phi) is 23.1. The molecule has 54 heavy (non-hydrogen) atoms. The molecule has 0 saturated heterocycles. The third-order valence-electron chi connectivity index (χ3n) is 6.62. The van der Waals surface area contributed by atoms with Gasteiger partial charge in [-0.25, -0.2) is 0 Å². The van der Waals surface area contributed by atoms with E-state index in [1.54, 1.807) is 105 Å². The van der Waals surface area contributed by atoms with E-state index in [1.807, 2.05) is 84.9 Å². The Morgan fingerprint density at radius 1 is 0.444 bits per heavy atom. The maximum atomic E-state index is 10.3. The van der Waals surface area contributed by atoms with E-state index in [-0.39, 0.29) is 56.4 Å². The minimum Gasteiger partial charge on any atom is -0.872 e. The summed E-state index contributed by atoms with van der Waals surface area (Å²) in [5, 5.41) is 18.9. The normalized spacial score (nSPS) is 9.17. The van der Waals surface area contributed by atoms with Crippen LogP contribution in [0.4, 0.5) is 0 Å². The smallest absolute Gasteiger partial charge is 0.872 e. The van der Waals surface area contributed by atoms with Crippen molar-refractivity contribution in [1.29, 1.82) is 0 Å². The summed E-state index contributed by atoms with van der Waals surface area (Å²) in [7, 11) is 4.61. The predicted octanol–water partition coefficient (Wildman–Crippen LogP) is 5.85. The van der Waals surface area contributed by atoms with E-state index in [4.69, 9.17) is 5.11 Å². The average Bonchev–Trinajstić information content (AvgIpc) is 3.24. The van der Waals surface area contributed by atoms with Gasteiger partial charge in [0.2, 0.25) is 0 Å². The molecule has 270 valence electrons. The number of phenolic OH excluding ortho intramolecular Hbond substituents is 1. The molecule has 0 spiro atoms. The van der Waals surface area contributed by atoms with Gasteiger partial charge < -0.3 is 20.2 Å². The summed E-state index contributed by atoms with van der Waals surface area (Å²) in [6, 6.07) is 46.7. The zero-order valence-electron chi connectivity index (χ0n) is 28.9. The Labute approximate surface area is 367 Å². The molecule has 1 N–H and O–H groups in total. The molecule has 8 nitrogen and oxygen atoms in total. The molecule has 0 aliphatic heterocycles. The van der Waals surface area contributed by atoms with Crippen molar-refractivity contribution < 1.29 is 79.6 Å². The molecule has 0 fully saturated rings. The number of pyridine rings is 6. The summed E-state index contributed by atoms with van der Waals surface area (Å²) in [4.78, 5) is 25.6. The summed E-state index contributed by atoms with van der Waals surface area (Å²) in [6.07, 6.45) is 14.1. The Hall–Kier alpha value is -4.39. The van der Waals surface area contributed by atoms with Gasteiger partial charge in [0.25, 0.3) is 0 Å². The third-order valence-corrected chi connectivity index (χ3v) is 6.62. The summed E-state index contributed by atoms with van der Waals surface area (Å²) in [6.45, 7) is 0. The van der Waals surface area contributed by atoms with Crippen molar-refractivity contribution in [3.8, 4) is 56.5 Å². The first-order valence-electron chi connectivity index (χ1n) is 15.6. The van der Waals surface area contributed by atoms with E-state index in [1.165, 1.54) is 12.1 Å². The number of nitrogens with zero attached hydrogens (tertiary/aromatic N) is 6. The minimum absolute atomic E-state index is 0. The van der Waals surface area contributed by atoms with Crippen molar-refractivity contribution in [2.24, 2.45) is 0 Å². The molecule has 0 aliphatic rings. The van der Waals surface area contributed by atoms with Crippen LogP contribution in [0, 0.1) is 12.1 Å². The molecule has 6 aromatic heterocycles. The van der Waals surface area contributed by atoms with Crippen LogP contribution in [-0.4, -0.2) is 35.0 Å². The van der Waals surface area contributed by atoms with E-state index in [2.05, 4.69) is 51.5 Å². The van der Waals surface area contributed by atoms with E-state index >= 15 is 0 Å². The molecule has 0 radical (unpaired) electrons. The van der Waals surface area contributed by atoms with E-state index in [9.17, 15) is 5.11 Å². The van der Waals surface area contributed by atoms with Gasteiger partial charge in [-0.1, -0.05) is 119 Å². The molecule has 0 atom stereocenters. The third kappa shape index (κ3) is 16.3. The fourth-order valence-corrected chi connectivity index (χ4v) is 4.25. The summed E-state index contributed by atoms with van der Waals surface area (Å²) in [5.74, 6) is 0.394. The van der Waals surface area contributed by atoms with Crippen LogP contribution in [-0.2, 0) is 39.8 Å². The first-order valence-corrected chi connectivity index (χ1v) is 18.5. The Bertz CT molecular complexity index is 1870. The number of halogens is 1. The zero-order chi connectivity index (χ0) is 36.6. The second-order valence-corrected chi connectivity index (χ2v) is 10.2. The second kappa shape index (κ2) is 27.2. The van der Waals surface area contributed by atoms with E-state index in [0.29, 0.717) is 5.75 Å². The Morgan fingerprint density at radius 2 is 0.722 bits per heavy atom.